The molecule has 16 heavy (non-hydrogen) atoms. The van der Waals surface area contributed by atoms with Gasteiger partial charge in [0.1, 0.15) is 9.79 Å². The topological polar surface area (TPSA) is 52.5 Å². The maximum atomic E-state index is 8.81. The molecule has 0 saturated heterocycles. The zero-order valence-electron chi connectivity index (χ0n) is 8.07. The summed E-state index contributed by atoms with van der Waals surface area (Å²) in [6.45, 7) is 0. The Labute approximate surface area is 102 Å². The van der Waals surface area contributed by atoms with Crippen LogP contribution in [-0.4, -0.2) is 10.2 Å². The van der Waals surface area contributed by atoms with E-state index in [1.165, 1.54) is 0 Å². The molecule has 0 spiro atoms. The molecule has 0 aliphatic heterocycles. The van der Waals surface area contributed by atoms with E-state index in [1.807, 2.05) is 6.07 Å². The number of hydrogen-bond acceptors (Lipinski definition) is 3. The van der Waals surface area contributed by atoms with Gasteiger partial charge in [-0.15, -0.1) is 0 Å². The fraction of sp³-hybridized carbons (Fsp3) is 0. The van der Waals surface area contributed by atoms with Crippen molar-refractivity contribution in [1.82, 2.24) is 10.2 Å². The number of H-pyrrole nitrogens is 1. The van der Waals surface area contributed by atoms with Crippen LogP contribution in [0, 0.1) is 16.0 Å². The van der Waals surface area contributed by atoms with E-state index in [9.17, 15) is 0 Å². The molecule has 3 nitrogen and oxygen atoms in total. The van der Waals surface area contributed by atoms with Crippen LogP contribution in [0.2, 0.25) is 5.15 Å². The van der Waals surface area contributed by atoms with Crippen LogP contribution in [0.1, 0.15) is 5.56 Å². The molecule has 0 saturated carbocycles. The number of halogens is 1. The number of aromatic amines is 1. The second-order valence-corrected chi connectivity index (χ2v) is 3.92. The molecule has 1 N–H and O–H groups in total. The van der Waals surface area contributed by atoms with Gasteiger partial charge in [0.15, 0.2) is 0 Å². The summed E-state index contributed by atoms with van der Waals surface area (Å²) >= 11 is 10.9. The first kappa shape index (κ1) is 10.8. The van der Waals surface area contributed by atoms with Gasteiger partial charge in [0, 0.05) is 5.56 Å². The third-order valence-electron chi connectivity index (χ3n) is 2.07. The number of benzene rings is 1. The molecular weight excluding hydrogens is 242 g/mol. The second kappa shape index (κ2) is 4.44. The molecule has 0 unspecified atom stereocenters. The van der Waals surface area contributed by atoms with E-state index >= 15 is 0 Å². The van der Waals surface area contributed by atoms with Crippen LogP contribution in [-0.2, 0) is 0 Å². The third kappa shape index (κ3) is 2.11. The maximum Gasteiger partial charge on any atom is 0.150 e. The molecule has 78 valence electrons. The van der Waals surface area contributed by atoms with Crippen LogP contribution >= 0.6 is 23.8 Å². The minimum absolute atomic E-state index is 0.339. The normalized spacial score (nSPS) is 9.75. The molecule has 1 aromatic heterocycles. The Morgan fingerprint density at radius 2 is 2.19 bits per heavy atom. The lowest BCUT2D eigenvalue weighted by Gasteiger charge is -2.02. The molecule has 1 aromatic carbocycles. The molecule has 2 rings (SSSR count). The van der Waals surface area contributed by atoms with Gasteiger partial charge in [-0.05, 0) is 23.8 Å². The Balaban J connectivity index is 2.63. The smallest absolute Gasteiger partial charge is 0.150 e. The highest BCUT2D eigenvalue weighted by atomic mass is 35.5. The van der Waals surface area contributed by atoms with Crippen LogP contribution in [0.3, 0.4) is 0 Å². The van der Waals surface area contributed by atoms with E-state index in [2.05, 4.69) is 16.3 Å². The largest absolute Gasteiger partial charge is 0.266 e. The first-order valence-electron chi connectivity index (χ1n) is 4.46. The monoisotopic (exact) mass is 247 g/mol. The summed E-state index contributed by atoms with van der Waals surface area (Å²) in [4.78, 5) is 0. The van der Waals surface area contributed by atoms with Crippen LogP contribution < -0.4 is 0 Å². The molecule has 2 aromatic rings. The van der Waals surface area contributed by atoms with E-state index in [0.29, 0.717) is 15.4 Å². The van der Waals surface area contributed by atoms with Crippen LogP contribution in [0.5, 0.6) is 0 Å². The van der Waals surface area contributed by atoms with Gasteiger partial charge in [-0.2, -0.15) is 10.4 Å². The van der Waals surface area contributed by atoms with Crippen molar-refractivity contribution in [2.24, 2.45) is 0 Å². The number of nitriles is 1. The fourth-order valence-corrected chi connectivity index (χ4v) is 1.73. The first-order valence-corrected chi connectivity index (χ1v) is 5.25. The van der Waals surface area contributed by atoms with Crippen molar-refractivity contribution in [2.75, 3.05) is 0 Å². The minimum atomic E-state index is 0.339. The van der Waals surface area contributed by atoms with Crippen molar-refractivity contribution < 1.29 is 0 Å². The number of rotatable bonds is 1. The Morgan fingerprint density at radius 1 is 1.38 bits per heavy atom. The Bertz CT molecular complexity index is 628. The number of nitrogens with one attached hydrogen (secondary N) is 1. The quantitative estimate of drug-likeness (QED) is 0.787. The summed E-state index contributed by atoms with van der Waals surface area (Å²) < 4.78 is 0.500. The Morgan fingerprint density at radius 3 is 2.94 bits per heavy atom. The van der Waals surface area contributed by atoms with E-state index in [-0.39, 0.29) is 0 Å². The van der Waals surface area contributed by atoms with E-state index < -0.39 is 0 Å². The minimum Gasteiger partial charge on any atom is -0.266 e. The van der Waals surface area contributed by atoms with Gasteiger partial charge in [0.05, 0.1) is 11.6 Å². The van der Waals surface area contributed by atoms with Crippen molar-refractivity contribution in [3.05, 3.63) is 45.7 Å². The molecule has 1 heterocycles. The van der Waals surface area contributed by atoms with Crippen LogP contribution in [0.4, 0.5) is 0 Å². The van der Waals surface area contributed by atoms with Crippen LogP contribution in [0.25, 0.3) is 11.1 Å². The maximum absolute atomic E-state index is 8.81. The summed E-state index contributed by atoms with van der Waals surface area (Å²) in [6.07, 6.45) is 0. The van der Waals surface area contributed by atoms with Gasteiger partial charge in [0.25, 0.3) is 0 Å². The number of hydrogen-bond donors (Lipinski definition) is 1. The van der Waals surface area contributed by atoms with Crippen molar-refractivity contribution in [1.29, 1.82) is 5.26 Å². The molecule has 0 fully saturated rings. The summed E-state index contributed by atoms with van der Waals surface area (Å²) in [5.74, 6) is 0. The Kier molecular flexibility index (Phi) is 3.00. The third-order valence-corrected chi connectivity index (χ3v) is 2.58. The number of aromatic nitrogens is 2. The van der Waals surface area contributed by atoms with Crippen molar-refractivity contribution in [3.8, 4) is 17.2 Å². The molecule has 0 atom stereocenters. The second-order valence-electron chi connectivity index (χ2n) is 3.13. The molecule has 0 aliphatic rings. The summed E-state index contributed by atoms with van der Waals surface area (Å²) in [5, 5.41) is 15.6. The number of nitrogens with zero attached hydrogens (tertiary/aromatic N) is 2. The average molecular weight is 248 g/mol. The van der Waals surface area contributed by atoms with Crippen molar-refractivity contribution >= 4 is 23.8 Å². The van der Waals surface area contributed by atoms with E-state index in [1.54, 1.807) is 24.3 Å². The lowest BCUT2D eigenvalue weighted by atomic mass is 10.1. The molecule has 0 radical (unpaired) electrons. The van der Waals surface area contributed by atoms with E-state index in [4.69, 9.17) is 29.1 Å². The van der Waals surface area contributed by atoms with Gasteiger partial charge < -0.3 is 0 Å². The zero-order chi connectivity index (χ0) is 11.5. The summed E-state index contributed by atoms with van der Waals surface area (Å²) in [7, 11) is 0. The Hall–Kier alpha value is -1.70. The van der Waals surface area contributed by atoms with Gasteiger partial charge in [-0.3, -0.25) is 5.10 Å². The SMILES string of the molecule is N#Cc1cccc(-c2cc(Cl)n[nH]c2=S)c1. The summed E-state index contributed by atoms with van der Waals surface area (Å²) in [5.41, 5.74) is 2.21. The summed E-state index contributed by atoms with van der Waals surface area (Å²) in [6, 6.07) is 10.9. The highest BCUT2D eigenvalue weighted by Gasteiger charge is 2.03. The fourth-order valence-electron chi connectivity index (χ4n) is 1.35. The van der Waals surface area contributed by atoms with Gasteiger partial charge in [0.2, 0.25) is 0 Å². The van der Waals surface area contributed by atoms with E-state index in [0.717, 1.165) is 11.1 Å². The molecule has 5 heteroatoms. The van der Waals surface area contributed by atoms with Crippen molar-refractivity contribution in [2.45, 2.75) is 0 Å². The molecule has 0 amide bonds. The molecular formula is C11H6ClN3S. The van der Waals surface area contributed by atoms with Crippen LogP contribution in [0.15, 0.2) is 30.3 Å². The molecule has 0 aliphatic carbocycles. The predicted octanol–water partition coefficient (Wildman–Crippen LogP) is 3.33. The van der Waals surface area contributed by atoms with Crippen molar-refractivity contribution in [3.63, 3.8) is 0 Å². The lowest BCUT2D eigenvalue weighted by molar-refractivity contribution is 1.02. The zero-order valence-corrected chi connectivity index (χ0v) is 9.64. The standard InChI is InChI=1S/C11H6ClN3S/c12-10-5-9(11(16)15-14-10)8-3-1-2-7(4-8)6-13/h1-5H,(H,15,16). The highest BCUT2D eigenvalue weighted by Crippen LogP contribution is 2.22. The van der Waals surface area contributed by atoms with Gasteiger partial charge >= 0.3 is 0 Å². The first-order chi connectivity index (χ1) is 7.70. The van der Waals surface area contributed by atoms with Gasteiger partial charge in [-0.1, -0.05) is 36.0 Å². The molecule has 0 bridgehead atoms. The highest BCUT2D eigenvalue weighted by molar-refractivity contribution is 7.71. The lowest BCUT2D eigenvalue weighted by Crippen LogP contribution is -1.88. The van der Waals surface area contributed by atoms with Gasteiger partial charge in [-0.25, -0.2) is 0 Å². The average Bonchev–Trinajstić information content (AvgIpc) is 2.32. The predicted molar refractivity (Wildman–Crippen MR) is 64.6 cm³/mol.